The average Bonchev–Trinajstić information content (AvgIpc) is 3.01. The highest BCUT2D eigenvalue weighted by atomic mass is 16.3. The molecule has 0 aromatic rings. The van der Waals surface area contributed by atoms with Gasteiger partial charge < -0.3 is 10.5 Å². The van der Waals surface area contributed by atoms with Crippen LogP contribution in [0.4, 0.5) is 0 Å². The van der Waals surface area contributed by atoms with Crippen molar-refractivity contribution in [2.45, 2.75) is 32.1 Å². The molecule has 4 heteroatoms. The molecule has 0 amide bonds. The van der Waals surface area contributed by atoms with E-state index in [1.165, 1.54) is 0 Å². The van der Waals surface area contributed by atoms with Crippen LogP contribution >= 0.6 is 0 Å². The van der Waals surface area contributed by atoms with E-state index in [0.717, 1.165) is 31.4 Å². The highest BCUT2D eigenvalue weighted by Gasteiger charge is 2.33. The minimum absolute atomic E-state index is 0.0413. The molecule has 4 nitrogen and oxygen atoms in total. The molecule has 0 aromatic heterocycles. The lowest BCUT2D eigenvalue weighted by atomic mass is 9.89. The van der Waals surface area contributed by atoms with Crippen molar-refractivity contribution in [1.29, 1.82) is 0 Å². The van der Waals surface area contributed by atoms with Gasteiger partial charge in [0.2, 0.25) is 0 Å². The molecule has 0 aromatic carbocycles. The number of hydrogen-bond acceptors (Lipinski definition) is 4. The van der Waals surface area contributed by atoms with E-state index in [-0.39, 0.29) is 17.5 Å². The molecule has 0 saturated heterocycles. The molecule has 15 heavy (non-hydrogen) atoms. The van der Waals surface area contributed by atoms with E-state index in [9.17, 15) is 9.90 Å². The molecule has 2 saturated carbocycles. The largest absolute Gasteiger partial charge is 0.511 e. The van der Waals surface area contributed by atoms with Crippen molar-refractivity contribution in [1.82, 2.24) is 5.43 Å². The van der Waals surface area contributed by atoms with Crippen molar-refractivity contribution in [2.24, 2.45) is 11.0 Å². The fraction of sp³-hybridized carbons (Fsp3) is 0.636. The first kappa shape index (κ1) is 10.2. The summed E-state index contributed by atoms with van der Waals surface area (Å²) < 4.78 is 0. The number of nitrogens with one attached hydrogen (secondary N) is 1. The third kappa shape index (κ3) is 2.03. The van der Waals surface area contributed by atoms with Crippen molar-refractivity contribution in [3.05, 3.63) is 11.3 Å². The highest BCUT2D eigenvalue weighted by molar-refractivity contribution is 6.24. The Hall–Kier alpha value is -1.32. The van der Waals surface area contributed by atoms with Crippen LogP contribution in [-0.4, -0.2) is 23.6 Å². The lowest BCUT2D eigenvalue weighted by molar-refractivity contribution is -0.115. The molecule has 2 rings (SSSR count). The highest BCUT2D eigenvalue weighted by Crippen LogP contribution is 2.38. The first-order valence-electron chi connectivity index (χ1n) is 5.44. The second-order valence-corrected chi connectivity index (χ2v) is 4.09. The Morgan fingerprint density at radius 2 is 2.20 bits per heavy atom. The minimum atomic E-state index is 0.0413. The van der Waals surface area contributed by atoms with Crippen LogP contribution in [0.2, 0.25) is 0 Å². The van der Waals surface area contributed by atoms with E-state index in [1.54, 1.807) is 7.05 Å². The number of hydrazone groups is 1. The Morgan fingerprint density at radius 1 is 1.47 bits per heavy atom. The number of allylic oxidation sites excluding steroid dienone is 2. The Kier molecular flexibility index (Phi) is 2.75. The first-order chi connectivity index (χ1) is 7.24. The van der Waals surface area contributed by atoms with Crippen molar-refractivity contribution in [3.63, 3.8) is 0 Å². The van der Waals surface area contributed by atoms with Gasteiger partial charge in [0.05, 0.1) is 11.3 Å². The van der Waals surface area contributed by atoms with Gasteiger partial charge in [-0.3, -0.25) is 4.79 Å². The van der Waals surface area contributed by atoms with E-state index in [0.29, 0.717) is 12.0 Å². The summed E-state index contributed by atoms with van der Waals surface area (Å²) in [5.74, 6) is 0.525. The zero-order valence-electron chi connectivity index (χ0n) is 8.92. The number of hydrogen-bond donors (Lipinski definition) is 2. The average molecular weight is 208 g/mol. The molecule has 0 atom stereocenters. The molecule has 2 fully saturated rings. The lowest BCUT2D eigenvalue weighted by Crippen LogP contribution is -2.23. The monoisotopic (exact) mass is 208 g/mol. The van der Waals surface area contributed by atoms with Gasteiger partial charge >= 0.3 is 0 Å². The van der Waals surface area contributed by atoms with Crippen LogP contribution in [0.25, 0.3) is 0 Å². The van der Waals surface area contributed by atoms with Crippen molar-refractivity contribution in [3.8, 4) is 0 Å². The molecule has 0 aliphatic heterocycles. The standard InChI is InChI=1S/C11H16N2O2/c1-12-13-8-3-2-4-9(14)10(8)11(15)7-5-6-7/h7,12,15H,2-6H2,1H3/b11-10+,13-8+. The van der Waals surface area contributed by atoms with Gasteiger partial charge in [-0.1, -0.05) is 0 Å². The maximum absolute atomic E-state index is 11.7. The zero-order valence-corrected chi connectivity index (χ0v) is 8.92. The summed E-state index contributed by atoms with van der Waals surface area (Å²) in [6.07, 6.45) is 4.14. The number of carbonyl (C=O) groups is 1. The number of aliphatic hydroxyl groups is 1. The number of carbonyl (C=O) groups excluding carboxylic acids is 1. The van der Waals surface area contributed by atoms with Gasteiger partial charge in [-0.05, 0) is 25.7 Å². The molecule has 82 valence electrons. The van der Waals surface area contributed by atoms with Gasteiger partial charge in [0.15, 0.2) is 5.78 Å². The molecule has 0 spiro atoms. The van der Waals surface area contributed by atoms with Crippen LogP contribution in [0.3, 0.4) is 0 Å². The molecule has 0 heterocycles. The molecule has 0 unspecified atom stereocenters. The van der Waals surface area contributed by atoms with Gasteiger partial charge in [-0.2, -0.15) is 5.10 Å². The van der Waals surface area contributed by atoms with Crippen LogP contribution in [-0.2, 0) is 4.79 Å². The third-order valence-electron chi connectivity index (χ3n) is 2.85. The van der Waals surface area contributed by atoms with Crippen LogP contribution in [0.15, 0.2) is 16.4 Å². The van der Waals surface area contributed by atoms with Crippen molar-refractivity contribution >= 4 is 11.5 Å². The first-order valence-corrected chi connectivity index (χ1v) is 5.44. The van der Waals surface area contributed by atoms with Gasteiger partial charge in [0, 0.05) is 19.4 Å². The molecule has 2 aliphatic rings. The van der Waals surface area contributed by atoms with Gasteiger partial charge in [0.1, 0.15) is 5.76 Å². The summed E-state index contributed by atoms with van der Waals surface area (Å²) in [5, 5.41) is 14.0. The van der Waals surface area contributed by atoms with E-state index < -0.39 is 0 Å². The summed E-state index contributed by atoms with van der Waals surface area (Å²) in [5.41, 5.74) is 3.90. The summed E-state index contributed by atoms with van der Waals surface area (Å²) in [7, 11) is 1.71. The van der Waals surface area contributed by atoms with Gasteiger partial charge in [-0.25, -0.2) is 0 Å². The summed E-state index contributed by atoms with van der Waals surface area (Å²) in [4.78, 5) is 11.7. The second kappa shape index (κ2) is 4.04. The predicted octanol–water partition coefficient (Wildman–Crippen LogP) is 1.54. The number of rotatable bonds is 2. The normalized spacial score (nSPS) is 28.1. The van der Waals surface area contributed by atoms with Crippen LogP contribution in [0.1, 0.15) is 32.1 Å². The third-order valence-corrected chi connectivity index (χ3v) is 2.85. The van der Waals surface area contributed by atoms with E-state index in [4.69, 9.17) is 0 Å². The molecule has 2 N–H and O–H groups in total. The second-order valence-electron chi connectivity index (χ2n) is 4.09. The van der Waals surface area contributed by atoms with E-state index >= 15 is 0 Å². The number of aliphatic hydroxyl groups excluding tert-OH is 1. The summed E-state index contributed by atoms with van der Waals surface area (Å²) in [6.45, 7) is 0. The van der Waals surface area contributed by atoms with Crippen LogP contribution in [0, 0.1) is 5.92 Å². The molecule has 0 radical (unpaired) electrons. The molecule has 2 aliphatic carbocycles. The van der Waals surface area contributed by atoms with Crippen LogP contribution in [0.5, 0.6) is 0 Å². The van der Waals surface area contributed by atoms with Crippen molar-refractivity contribution < 1.29 is 9.90 Å². The Morgan fingerprint density at radius 3 is 2.80 bits per heavy atom. The Labute approximate surface area is 89.1 Å². The smallest absolute Gasteiger partial charge is 0.168 e. The van der Waals surface area contributed by atoms with Crippen molar-refractivity contribution in [2.75, 3.05) is 7.05 Å². The van der Waals surface area contributed by atoms with E-state index in [2.05, 4.69) is 10.5 Å². The fourth-order valence-electron chi connectivity index (χ4n) is 1.93. The van der Waals surface area contributed by atoms with Crippen LogP contribution < -0.4 is 5.43 Å². The number of nitrogens with zero attached hydrogens (tertiary/aromatic N) is 1. The zero-order chi connectivity index (χ0) is 10.8. The topological polar surface area (TPSA) is 61.7 Å². The Balaban J connectivity index is 2.33. The predicted molar refractivity (Wildman–Crippen MR) is 57.7 cm³/mol. The molecule has 0 bridgehead atoms. The maximum atomic E-state index is 11.7. The van der Waals surface area contributed by atoms with Gasteiger partial charge in [-0.15, -0.1) is 0 Å². The lowest BCUT2D eigenvalue weighted by Gasteiger charge is -2.17. The fourth-order valence-corrected chi connectivity index (χ4v) is 1.93. The minimum Gasteiger partial charge on any atom is -0.511 e. The van der Waals surface area contributed by atoms with E-state index in [1.807, 2.05) is 0 Å². The molecular formula is C11H16N2O2. The Bertz CT molecular complexity index is 340. The summed E-state index contributed by atoms with van der Waals surface area (Å²) >= 11 is 0. The number of Topliss-reactive ketones (excluding diaryl/α,β-unsaturated/α-hetero) is 1. The number of ketones is 1. The SMILES string of the molecule is CN/N=C1\CCCC(=O)\C1=C(\O)C1CC1. The quantitative estimate of drug-likeness (QED) is 0.411. The summed E-state index contributed by atoms with van der Waals surface area (Å²) in [6, 6.07) is 0. The molecular weight excluding hydrogens is 192 g/mol. The van der Waals surface area contributed by atoms with Gasteiger partial charge in [0.25, 0.3) is 0 Å². The maximum Gasteiger partial charge on any atom is 0.168 e.